The number of amides is 1. The van der Waals surface area contributed by atoms with E-state index in [1.807, 2.05) is 6.07 Å². The molecule has 0 bridgehead atoms. The van der Waals surface area contributed by atoms with Gasteiger partial charge in [-0.2, -0.15) is 5.26 Å². The number of benzene rings is 1. The molecular weight excluding hydrogens is 260 g/mol. The predicted molar refractivity (Wildman–Crippen MR) is 68.7 cm³/mol. The van der Waals surface area contributed by atoms with Crippen LogP contribution in [0.5, 0.6) is 11.5 Å². The van der Waals surface area contributed by atoms with Gasteiger partial charge in [0.1, 0.15) is 13.2 Å². The molecule has 0 N–H and O–H groups in total. The maximum Gasteiger partial charge on any atom is 0.257 e. The molecule has 2 heterocycles. The molecule has 104 valence electrons. The van der Waals surface area contributed by atoms with Gasteiger partial charge in [0.05, 0.1) is 24.8 Å². The Morgan fingerprint density at radius 3 is 3.00 bits per heavy atom. The first-order chi connectivity index (χ1) is 9.79. The van der Waals surface area contributed by atoms with Crippen molar-refractivity contribution in [3.05, 3.63) is 23.8 Å². The van der Waals surface area contributed by atoms with E-state index < -0.39 is 6.10 Å². The Balaban J connectivity index is 1.86. The fraction of sp³-hybridized carbons (Fsp3) is 0.429. The van der Waals surface area contributed by atoms with Crippen LogP contribution in [0.4, 0.5) is 0 Å². The van der Waals surface area contributed by atoms with Gasteiger partial charge in [-0.3, -0.25) is 4.79 Å². The summed E-state index contributed by atoms with van der Waals surface area (Å²) in [6.07, 6.45) is -0.565. The third-order valence-electron chi connectivity index (χ3n) is 3.29. The highest BCUT2D eigenvalue weighted by Gasteiger charge is 2.28. The Morgan fingerprint density at radius 1 is 1.30 bits per heavy atom. The molecule has 1 saturated heterocycles. The van der Waals surface area contributed by atoms with Gasteiger partial charge in [0.15, 0.2) is 17.6 Å². The summed E-state index contributed by atoms with van der Waals surface area (Å²) < 4.78 is 16.3. The first kappa shape index (κ1) is 12.8. The molecule has 0 spiro atoms. The van der Waals surface area contributed by atoms with E-state index in [0.29, 0.717) is 43.4 Å². The SMILES string of the molecule is N#CC1CN(C(=O)c2cccc3c2OCCO3)CCO1. The van der Waals surface area contributed by atoms with E-state index in [1.54, 1.807) is 23.1 Å². The maximum absolute atomic E-state index is 12.6. The number of hydrogen-bond acceptors (Lipinski definition) is 5. The second-order valence-corrected chi connectivity index (χ2v) is 4.57. The van der Waals surface area contributed by atoms with Crippen molar-refractivity contribution in [3.63, 3.8) is 0 Å². The van der Waals surface area contributed by atoms with Crippen LogP contribution in [0.3, 0.4) is 0 Å². The first-order valence-electron chi connectivity index (χ1n) is 6.48. The van der Waals surface area contributed by atoms with E-state index in [0.717, 1.165) is 0 Å². The zero-order chi connectivity index (χ0) is 13.9. The third kappa shape index (κ3) is 2.28. The molecule has 1 aromatic carbocycles. The molecule has 0 radical (unpaired) electrons. The Hall–Kier alpha value is -2.26. The largest absolute Gasteiger partial charge is 0.486 e. The average molecular weight is 274 g/mol. The summed E-state index contributed by atoms with van der Waals surface area (Å²) in [5.74, 6) is 0.923. The lowest BCUT2D eigenvalue weighted by atomic mass is 10.1. The van der Waals surface area contributed by atoms with E-state index in [4.69, 9.17) is 19.5 Å². The molecule has 2 aliphatic heterocycles. The molecule has 0 aliphatic carbocycles. The molecule has 1 atom stereocenters. The smallest absolute Gasteiger partial charge is 0.257 e. The zero-order valence-corrected chi connectivity index (χ0v) is 10.9. The van der Waals surface area contributed by atoms with E-state index in [1.165, 1.54) is 0 Å². The highest BCUT2D eigenvalue weighted by Crippen LogP contribution is 2.34. The molecule has 1 unspecified atom stereocenters. The number of ether oxygens (including phenoxy) is 3. The summed E-state index contributed by atoms with van der Waals surface area (Å²) in [6.45, 7) is 2.04. The fourth-order valence-electron chi connectivity index (χ4n) is 2.32. The van der Waals surface area contributed by atoms with Crippen molar-refractivity contribution in [1.82, 2.24) is 4.90 Å². The van der Waals surface area contributed by atoms with Gasteiger partial charge < -0.3 is 19.1 Å². The first-order valence-corrected chi connectivity index (χ1v) is 6.48. The van der Waals surface area contributed by atoms with Crippen molar-refractivity contribution in [2.45, 2.75) is 6.10 Å². The van der Waals surface area contributed by atoms with Crippen LogP contribution in [-0.2, 0) is 4.74 Å². The highest BCUT2D eigenvalue weighted by molar-refractivity contribution is 5.98. The number of fused-ring (bicyclic) bond motifs is 1. The van der Waals surface area contributed by atoms with Crippen LogP contribution in [0.2, 0.25) is 0 Å². The number of carbonyl (C=O) groups is 1. The summed E-state index contributed by atoms with van der Waals surface area (Å²) >= 11 is 0. The van der Waals surface area contributed by atoms with Crippen molar-refractivity contribution < 1.29 is 19.0 Å². The van der Waals surface area contributed by atoms with Gasteiger partial charge in [-0.25, -0.2) is 0 Å². The number of morpholine rings is 1. The lowest BCUT2D eigenvalue weighted by Crippen LogP contribution is -2.45. The molecule has 1 fully saturated rings. The average Bonchev–Trinajstić information content (AvgIpc) is 2.53. The van der Waals surface area contributed by atoms with Gasteiger partial charge >= 0.3 is 0 Å². The molecule has 0 aromatic heterocycles. The van der Waals surface area contributed by atoms with Crippen LogP contribution < -0.4 is 9.47 Å². The van der Waals surface area contributed by atoms with Crippen LogP contribution in [0.25, 0.3) is 0 Å². The summed E-state index contributed by atoms with van der Waals surface area (Å²) in [4.78, 5) is 14.2. The van der Waals surface area contributed by atoms with E-state index in [9.17, 15) is 4.79 Å². The van der Waals surface area contributed by atoms with Gasteiger partial charge in [-0.15, -0.1) is 0 Å². The molecule has 0 saturated carbocycles. The third-order valence-corrected chi connectivity index (χ3v) is 3.29. The molecule has 6 nitrogen and oxygen atoms in total. The van der Waals surface area contributed by atoms with Gasteiger partial charge in [0.2, 0.25) is 0 Å². The summed E-state index contributed by atoms with van der Waals surface area (Å²) in [5.41, 5.74) is 0.473. The highest BCUT2D eigenvalue weighted by atomic mass is 16.6. The lowest BCUT2D eigenvalue weighted by molar-refractivity contribution is 0.00319. The molecule has 6 heteroatoms. The van der Waals surface area contributed by atoms with Crippen LogP contribution in [0.15, 0.2) is 18.2 Å². The van der Waals surface area contributed by atoms with Crippen molar-refractivity contribution in [2.75, 3.05) is 32.9 Å². The number of nitrogens with zero attached hydrogens (tertiary/aromatic N) is 2. The second kappa shape index (κ2) is 5.39. The standard InChI is InChI=1S/C14H14N2O4/c15-8-10-9-16(4-5-18-10)14(17)11-2-1-3-12-13(11)20-7-6-19-12/h1-3,10H,4-7,9H2. The molecular formula is C14H14N2O4. The van der Waals surface area contributed by atoms with Crippen LogP contribution in [0, 0.1) is 11.3 Å². The van der Waals surface area contributed by atoms with Crippen LogP contribution in [-0.4, -0.2) is 49.8 Å². The minimum Gasteiger partial charge on any atom is -0.486 e. The number of carbonyl (C=O) groups excluding carboxylic acids is 1. The van der Waals surface area contributed by atoms with Crippen molar-refractivity contribution in [3.8, 4) is 17.6 Å². The quantitative estimate of drug-likeness (QED) is 0.758. The molecule has 2 aliphatic rings. The zero-order valence-electron chi connectivity index (χ0n) is 10.9. The Bertz CT molecular complexity index is 567. The summed E-state index contributed by atoms with van der Waals surface area (Å²) in [7, 11) is 0. The Kier molecular flexibility index (Phi) is 3.44. The van der Waals surface area contributed by atoms with Gasteiger partial charge in [-0.05, 0) is 12.1 Å². The number of hydrogen-bond donors (Lipinski definition) is 0. The predicted octanol–water partition coefficient (Wildman–Crippen LogP) is 0.822. The number of nitriles is 1. The summed E-state index contributed by atoms with van der Waals surface area (Å²) in [6, 6.07) is 7.29. The topological polar surface area (TPSA) is 71.8 Å². The Morgan fingerprint density at radius 2 is 2.15 bits per heavy atom. The maximum atomic E-state index is 12.6. The normalized spacial score (nSPS) is 21.1. The Labute approximate surface area is 116 Å². The minimum atomic E-state index is -0.565. The van der Waals surface area contributed by atoms with Crippen molar-refractivity contribution >= 4 is 5.91 Å². The molecule has 20 heavy (non-hydrogen) atoms. The van der Waals surface area contributed by atoms with Gasteiger partial charge in [0, 0.05) is 6.54 Å². The van der Waals surface area contributed by atoms with Crippen molar-refractivity contribution in [2.24, 2.45) is 0 Å². The monoisotopic (exact) mass is 274 g/mol. The van der Waals surface area contributed by atoms with Crippen LogP contribution >= 0.6 is 0 Å². The molecule has 1 amide bonds. The second-order valence-electron chi connectivity index (χ2n) is 4.57. The van der Waals surface area contributed by atoms with Crippen molar-refractivity contribution in [1.29, 1.82) is 5.26 Å². The minimum absolute atomic E-state index is 0.157. The van der Waals surface area contributed by atoms with Crippen LogP contribution in [0.1, 0.15) is 10.4 Å². The number of rotatable bonds is 1. The van der Waals surface area contributed by atoms with E-state index in [-0.39, 0.29) is 12.5 Å². The summed E-state index contributed by atoms with van der Waals surface area (Å²) in [5, 5.41) is 8.90. The van der Waals surface area contributed by atoms with Gasteiger partial charge in [-0.1, -0.05) is 6.07 Å². The van der Waals surface area contributed by atoms with Gasteiger partial charge in [0.25, 0.3) is 5.91 Å². The van der Waals surface area contributed by atoms with E-state index in [2.05, 4.69) is 0 Å². The lowest BCUT2D eigenvalue weighted by Gasteiger charge is -2.30. The van der Waals surface area contributed by atoms with E-state index >= 15 is 0 Å². The number of para-hydroxylation sites is 1. The molecule has 1 aromatic rings. The molecule has 3 rings (SSSR count). The fourth-order valence-corrected chi connectivity index (χ4v) is 2.32.